The first-order chi connectivity index (χ1) is 12.0. The Bertz CT molecular complexity index is 886. The number of amides is 1. The van der Waals surface area contributed by atoms with Gasteiger partial charge in [0.25, 0.3) is 5.91 Å². The van der Waals surface area contributed by atoms with Crippen LogP contribution in [0.2, 0.25) is 15.2 Å². The molecule has 0 spiro atoms. The van der Waals surface area contributed by atoms with E-state index in [2.05, 4.69) is 9.97 Å². The molecule has 25 heavy (non-hydrogen) atoms. The van der Waals surface area contributed by atoms with E-state index in [1.807, 2.05) is 18.2 Å². The molecular formula is C18H12Cl3N3O. The van der Waals surface area contributed by atoms with Crippen molar-refractivity contribution >= 4 is 46.4 Å². The summed E-state index contributed by atoms with van der Waals surface area (Å²) in [7, 11) is 0. The lowest BCUT2D eigenvalue weighted by Crippen LogP contribution is -2.31. The van der Waals surface area contributed by atoms with Crippen molar-refractivity contribution in [1.29, 1.82) is 0 Å². The fraction of sp³-hybridized carbons (Fsp3) is 0.0556. The number of halogens is 3. The topological polar surface area (TPSA) is 46.1 Å². The molecule has 0 radical (unpaired) electrons. The monoisotopic (exact) mass is 391 g/mol. The van der Waals surface area contributed by atoms with Gasteiger partial charge in [0.2, 0.25) is 0 Å². The Morgan fingerprint density at radius 3 is 2.40 bits per heavy atom. The van der Waals surface area contributed by atoms with E-state index in [0.717, 1.165) is 5.69 Å². The number of anilines is 1. The van der Waals surface area contributed by atoms with Gasteiger partial charge in [0.15, 0.2) is 0 Å². The van der Waals surface area contributed by atoms with E-state index in [9.17, 15) is 4.79 Å². The average Bonchev–Trinajstić information content (AvgIpc) is 2.63. The Labute approximate surface area is 160 Å². The number of nitrogens with zero attached hydrogens (tertiary/aromatic N) is 3. The van der Waals surface area contributed by atoms with Crippen LogP contribution in [0, 0.1) is 0 Å². The Hall–Kier alpha value is -2.14. The summed E-state index contributed by atoms with van der Waals surface area (Å²) >= 11 is 18.0. The predicted molar refractivity (Wildman–Crippen MR) is 100 cm³/mol. The smallest absolute Gasteiger partial charge is 0.278 e. The third kappa shape index (κ3) is 4.28. The number of benzene rings is 1. The van der Waals surface area contributed by atoms with Gasteiger partial charge in [0, 0.05) is 16.9 Å². The molecule has 4 nitrogen and oxygen atoms in total. The first-order valence-corrected chi connectivity index (χ1v) is 8.47. The number of carbonyl (C=O) groups is 1. The lowest BCUT2D eigenvalue weighted by atomic mass is 10.2. The van der Waals surface area contributed by atoms with E-state index in [4.69, 9.17) is 34.8 Å². The highest BCUT2D eigenvalue weighted by Crippen LogP contribution is 2.25. The van der Waals surface area contributed by atoms with Crippen LogP contribution in [0.15, 0.2) is 60.8 Å². The summed E-state index contributed by atoms with van der Waals surface area (Å²) in [5, 5.41) is 1.00. The summed E-state index contributed by atoms with van der Waals surface area (Å²) in [6.45, 7) is 0.256. The van der Waals surface area contributed by atoms with Crippen LogP contribution in [-0.2, 0) is 6.54 Å². The fourth-order valence-corrected chi connectivity index (χ4v) is 2.71. The van der Waals surface area contributed by atoms with Gasteiger partial charge in [-0.3, -0.25) is 9.78 Å². The molecule has 3 rings (SSSR count). The number of aromatic nitrogens is 2. The molecule has 126 valence electrons. The maximum Gasteiger partial charge on any atom is 0.278 e. The first kappa shape index (κ1) is 17.7. The Morgan fingerprint density at radius 1 is 0.960 bits per heavy atom. The van der Waals surface area contributed by atoms with Crippen molar-refractivity contribution in [3.8, 4) is 0 Å². The third-order valence-electron chi connectivity index (χ3n) is 3.44. The summed E-state index contributed by atoms with van der Waals surface area (Å²) in [6, 6.07) is 15.5. The second-order valence-corrected chi connectivity index (χ2v) is 6.38. The molecule has 7 heteroatoms. The molecule has 0 unspecified atom stereocenters. The molecule has 0 bridgehead atoms. The second kappa shape index (κ2) is 7.83. The van der Waals surface area contributed by atoms with Crippen LogP contribution in [0.5, 0.6) is 0 Å². The van der Waals surface area contributed by atoms with Crippen LogP contribution < -0.4 is 4.90 Å². The van der Waals surface area contributed by atoms with Gasteiger partial charge in [-0.15, -0.1) is 0 Å². The molecule has 0 aliphatic rings. The number of rotatable bonds is 4. The van der Waals surface area contributed by atoms with E-state index >= 15 is 0 Å². The summed E-state index contributed by atoms with van der Waals surface area (Å²) < 4.78 is 0. The molecule has 2 heterocycles. The molecule has 1 aromatic carbocycles. The summed E-state index contributed by atoms with van der Waals surface area (Å²) in [5.41, 5.74) is 1.46. The summed E-state index contributed by atoms with van der Waals surface area (Å²) in [5.74, 6) is -0.375. The van der Waals surface area contributed by atoms with Gasteiger partial charge >= 0.3 is 0 Å². The van der Waals surface area contributed by atoms with Crippen LogP contribution in [-0.4, -0.2) is 15.9 Å². The number of hydrogen-bond donors (Lipinski definition) is 0. The minimum absolute atomic E-state index is 0.0834. The van der Waals surface area contributed by atoms with Crippen molar-refractivity contribution in [3.63, 3.8) is 0 Å². The molecule has 2 aromatic heterocycles. The highest BCUT2D eigenvalue weighted by Gasteiger charge is 2.22. The molecule has 0 aliphatic carbocycles. The SMILES string of the molecule is O=C(c1nc(Cl)ccc1Cl)N(Cc1ccccn1)c1ccc(Cl)cc1. The Balaban J connectivity index is 2.02. The van der Waals surface area contributed by atoms with Crippen molar-refractivity contribution in [2.45, 2.75) is 6.54 Å². The minimum Gasteiger partial charge on any atom is -0.301 e. The van der Waals surface area contributed by atoms with Crippen LogP contribution in [0.25, 0.3) is 0 Å². The van der Waals surface area contributed by atoms with Crippen molar-refractivity contribution < 1.29 is 4.79 Å². The minimum atomic E-state index is -0.375. The zero-order valence-electron chi connectivity index (χ0n) is 12.9. The van der Waals surface area contributed by atoms with Gasteiger partial charge in [-0.1, -0.05) is 40.9 Å². The predicted octanol–water partition coefficient (Wildman–Crippen LogP) is 5.28. The van der Waals surface area contributed by atoms with Crippen molar-refractivity contribution in [3.05, 3.63) is 87.4 Å². The van der Waals surface area contributed by atoms with Crippen molar-refractivity contribution in [1.82, 2.24) is 9.97 Å². The molecule has 0 atom stereocenters. The normalized spacial score (nSPS) is 10.5. The van der Waals surface area contributed by atoms with Gasteiger partial charge in [0.1, 0.15) is 10.8 Å². The van der Waals surface area contributed by atoms with E-state index in [1.54, 1.807) is 36.5 Å². The molecule has 3 aromatic rings. The van der Waals surface area contributed by atoms with Gasteiger partial charge in [0.05, 0.1) is 17.3 Å². The maximum absolute atomic E-state index is 13.1. The molecular weight excluding hydrogens is 381 g/mol. The lowest BCUT2D eigenvalue weighted by molar-refractivity contribution is 0.0980. The van der Waals surface area contributed by atoms with E-state index in [0.29, 0.717) is 10.7 Å². The van der Waals surface area contributed by atoms with E-state index in [-0.39, 0.29) is 28.3 Å². The molecule has 0 N–H and O–H groups in total. The first-order valence-electron chi connectivity index (χ1n) is 7.34. The molecule has 0 saturated heterocycles. The van der Waals surface area contributed by atoms with Gasteiger partial charge in [-0.05, 0) is 48.5 Å². The third-order valence-corrected chi connectivity index (χ3v) is 4.21. The molecule has 0 fully saturated rings. The van der Waals surface area contributed by atoms with Crippen LogP contribution >= 0.6 is 34.8 Å². The molecule has 0 saturated carbocycles. The average molecular weight is 393 g/mol. The Kier molecular flexibility index (Phi) is 5.53. The standard InChI is InChI=1S/C18H12Cl3N3O/c19-12-4-6-14(7-5-12)24(11-13-3-1-2-10-22-13)18(25)17-15(20)8-9-16(21)23-17/h1-10H,11H2. The second-order valence-electron chi connectivity index (χ2n) is 5.15. The lowest BCUT2D eigenvalue weighted by Gasteiger charge is -2.22. The van der Waals surface area contributed by atoms with Crippen molar-refractivity contribution in [2.24, 2.45) is 0 Å². The van der Waals surface area contributed by atoms with E-state index < -0.39 is 0 Å². The molecule has 0 aliphatic heterocycles. The van der Waals surface area contributed by atoms with E-state index in [1.165, 1.54) is 11.0 Å². The largest absolute Gasteiger partial charge is 0.301 e. The zero-order chi connectivity index (χ0) is 17.8. The van der Waals surface area contributed by atoms with Crippen LogP contribution in [0.1, 0.15) is 16.2 Å². The highest BCUT2D eigenvalue weighted by molar-refractivity contribution is 6.35. The van der Waals surface area contributed by atoms with Crippen LogP contribution in [0.4, 0.5) is 5.69 Å². The Morgan fingerprint density at radius 2 is 1.72 bits per heavy atom. The zero-order valence-corrected chi connectivity index (χ0v) is 15.1. The van der Waals surface area contributed by atoms with Crippen LogP contribution in [0.3, 0.4) is 0 Å². The number of pyridine rings is 2. The fourth-order valence-electron chi connectivity index (χ4n) is 2.25. The van der Waals surface area contributed by atoms with Gasteiger partial charge in [-0.25, -0.2) is 4.98 Å². The summed E-state index contributed by atoms with van der Waals surface area (Å²) in [6.07, 6.45) is 1.67. The van der Waals surface area contributed by atoms with Crippen molar-refractivity contribution in [2.75, 3.05) is 4.90 Å². The summed E-state index contributed by atoms with van der Waals surface area (Å²) in [4.78, 5) is 23.0. The maximum atomic E-state index is 13.1. The quantitative estimate of drug-likeness (QED) is 0.567. The molecule has 1 amide bonds. The number of hydrogen-bond acceptors (Lipinski definition) is 3. The highest BCUT2D eigenvalue weighted by atomic mass is 35.5. The number of carbonyl (C=O) groups excluding carboxylic acids is 1. The van der Waals surface area contributed by atoms with Gasteiger partial charge < -0.3 is 4.90 Å². The van der Waals surface area contributed by atoms with Gasteiger partial charge in [-0.2, -0.15) is 0 Å².